The third kappa shape index (κ3) is 3.73. The summed E-state index contributed by atoms with van der Waals surface area (Å²) in [7, 11) is 0. The van der Waals surface area contributed by atoms with Crippen molar-refractivity contribution in [1.29, 1.82) is 0 Å². The van der Waals surface area contributed by atoms with E-state index in [-0.39, 0.29) is 0 Å². The molecule has 0 aliphatic rings. The Balaban J connectivity index is 1.50. The van der Waals surface area contributed by atoms with Gasteiger partial charge in [-0.2, -0.15) is 0 Å². The number of anilines is 2. The molecule has 0 bridgehead atoms. The highest BCUT2D eigenvalue weighted by atomic mass is 15.5. The van der Waals surface area contributed by atoms with Gasteiger partial charge in [-0.15, -0.1) is 15.3 Å². The molecule has 1 N–H and O–H groups in total. The van der Waals surface area contributed by atoms with Crippen LogP contribution in [0.1, 0.15) is 25.3 Å². The van der Waals surface area contributed by atoms with Crippen LogP contribution >= 0.6 is 0 Å². The Morgan fingerprint density at radius 1 is 0.806 bits per heavy atom. The molecule has 0 radical (unpaired) electrons. The van der Waals surface area contributed by atoms with Gasteiger partial charge in [-0.1, -0.05) is 62.4 Å². The Bertz CT molecular complexity index is 1310. The molecule has 3 aromatic carbocycles. The van der Waals surface area contributed by atoms with Gasteiger partial charge >= 0.3 is 0 Å². The molecule has 0 aliphatic heterocycles. The third-order valence-corrected chi connectivity index (χ3v) is 5.28. The lowest BCUT2D eigenvalue weighted by molar-refractivity contribution is 0.789. The predicted octanol–water partition coefficient (Wildman–Crippen LogP) is 5.14. The summed E-state index contributed by atoms with van der Waals surface area (Å²) in [6.45, 7) is 4.38. The van der Waals surface area contributed by atoms with Crippen molar-refractivity contribution in [2.75, 3.05) is 5.32 Å². The molecule has 152 valence electrons. The summed E-state index contributed by atoms with van der Waals surface area (Å²) in [4.78, 5) is 0. The van der Waals surface area contributed by atoms with Crippen LogP contribution in [0.15, 0.2) is 79.1 Å². The molecule has 0 spiro atoms. The highest BCUT2D eigenvalue weighted by Crippen LogP contribution is 2.31. The van der Waals surface area contributed by atoms with E-state index in [0.29, 0.717) is 5.92 Å². The van der Waals surface area contributed by atoms with E-state index in [1.54, 1.807) is 11.0 Å². The van der Waals surface area contributed by atoms with E-state index in [2.05, 4.69) is 81.3 Å². The number of nitrogens with one attached hydrogen (secondary N) is 1. The van der Waals surface area contributed by atoms with Crippen LogP contribution in [-0.2, 0) is 0 Å². The van der Waals surface area contributed by atoms with Crippen molar-refractivity contribution < 1.29 is 0 Å². The number of hydrogen-bond donors (Lipinski definition) is 1. The molecule has 5 rings (SSSR count). The summed E-state index contributed by atoms with van der Waals surface area (Å²) in [5, 5.41) is 25.8. The van der Waals surface area contributed by atoms with Crippen LogP contribution in [0, 0.1) is 0 Å². The van der Waals surface area contributed by atoms with Crippen molar-refractivity contribution in [2.45, 2.75) is 19.8 Å². The van der Waals surface area contributed by atoms with E-state index in [4.69, 9.17) is 0 Å². The SMILES string of the molecule is CC(C)c1ccc(Nc2nnc(-c3ccc(-n4cnnn4)cc3)c3ccccc23)cc1. The Hall–Kier alpha value is -4.13. The fraction of sp³-hybridized carbons (Fsp3) is 0.125. The molecular formula is C24H21N7. The highest BCUT2D eigenvalue weighted by molar-refractivity contribution is 6.00. The smallest absolute Gasteiger partial charge is 0.161 e. The van der Waals surface area contributed by atoms with Crippen LogP contribution in [0.3, 0.4) is 0 Å². The van der Waals surface area contributed by atoms with E-state index in [9.17, 15) is 0 Å². The lowest BCUT2D eigenvalue weighted by Gasteiger charge is -2.12. The van der Waals surface area contributed by atoms with E-state index in [1.165, 1.54) is 5.56 Å². The van der Waals surface area contributed by atoms with Gasteiger partial charge in [-0.05, 0) is 46.2 Å². The van der Waals surface area contributed by atoms with Crippen molar-refractivity contribution in [3.8, 4) is 16.9 Å². The number of fused-ring (bicyclic) bond motifs is 1. The van der Waals surface area contributed by atoms with Crippen LogP contribution in [-0.4, -0.2) is 30.4 Å². The maximum Gasteiger partial charge on any atom is 0.161 e. The zero-order chi connectivity index (χ0) is 21.2. The van der Waals surface area contributed by atoms with Crippen molar-refractivity contribution in [3.63, 3.8) is 0 Å². The fourth-order valence-electron chi connectivity index (χ4n) is 3.55. The molecular weight excluding hydrogens is 386 g/mol. The summed E-state index contributed by atoms with van der Waals surface area (Å²) in [6.07, 6.45) is 1.57. The zero-order valence-electron chi connectivity index (χ0n) is 17.3. The average Bonchev–Trinajstić information content (AvgIpc) is 3.35. The Morgan fingerprint density at radius 2 is 1.55 bits per heavy atom. The molecule has 7 nitrogen and oxygen atoms in total. The van der Waals surface area contributed by atoms with E-state index in [0.717, 1.165) is 39.2 Å². The first-order valence-electron chi connectivity index (χ1n) is 10.2. The van der Waals surface area contributed by atoms with Gasteiger partial charge in [0.15, 0.2) is 5.82 Å². The van der Waals surface area contributed by atoms with Crippen molar-refractivity contribution in [2.24, 2.45) is 0 Å². The second-order valence-electron chi connectivity index (χ2n) is 7.65. The number of rotatable bonds is 5. The molecule has 2 aromatic heterocycles. The van der Waals surface area contributed by atoms with Gasteiger partial charge in [0.2, 0.25) is 0 Å². The molecule has 0 amide bonds. The quantitative estimate of drug-likeness (QED) is 0.434. The lowest BCUT2D eigenvalue weighted by atomic mass is 10.0. The average molecular weight is 407 g/mol. The number of benzene rings is 3. The molecule has 7 heteroatoms. The third-order valence-electron chi connectivity index (χ3n) is 5.28. The first-order chi connectivity index (χ1) is 15.2. The maximum absolute atomic E-state index is 4.55. The summed E-state index contributed by atoms with van der Waals surface area (Å²) in [5.41, 5.74) is 4.99. The number of nitrogens with zero attached hydrogens (tertiary/aromatic N) is 6. The van der Waals surface area contributed by atoms with Crippen LogP contribution in [0.25, 0.3) is 27.7 Å². The van der Waals surface area contributed by atoms with Gasteiger partial charge in [-0.25, -0.2) is 4.68 Å². The van der Waals surface area contributed by atoms with Crippen LogP contribution in [0.5, 0.6) is 0 Å². The Labute approximate surface area is 179 Å². The number of aromatic nitrogens is 6. The molecule has 5 aromatic rings. The van der Waals surface area contributed by atoms with Gasteiger partial charge in [0.1, 0.15) is 12.0 Å². The Kier molecular flexibility index (Phi) is 4.84. The molecule has 31 heavy (non-hydrogen) atoms. The second kappa shape index (κ2) is 7.95. The van der Waals surface area contributed by atoms with Gasteiger partial charge in [0.25, 0.3) is 0 Å². The topological polar surface area (TPSA) is 81.4 Å². The fourth-order valence-corrected chi connectivity index (χ4v) is 3.55. The monoisotopic (exact) mass is 407 g/mol. The van der Waals surface area contributed by atoms with Crippen LogP contribution in [0.2, 0.25) is 0 Å². The predicted molar refractivity (Wildman–Crippen MR) is 121 cm³/mol. The first kappa shape index (κ1) is 18.9. The number of tetrazole rings is 1. The van der Waals surface area contributed by atoms with E-state index in [1.807, 2.05) is 36.4 Å². The molecule has 0 unspecified atom stereocenters. The minimum Gasteiger partial charge on any atom is -0.338 e. The van der Waals surface area contributed by atoms with E-state index < -0.39 is 0 Å². The van der Waals surface area contributed by atoms with Crippen molar-refractivity contribution >= 4 is 22.3 Å². The maximum atomic E-state index is 4.55. The Morgan fingerprint density at radius 3 is 2.23 bits per heavy atom. The van der Waals surface area contributed by atoms with Crippen LogP contribution in [0.4, 0.5) is 11.5 Å². The van der Waals surface area contributed by atoms with Gasteiger partial charge in [-0.3, -0.25) is 0 Å². The minimum atomic E-state index is 0.501. The zero-order valence-corrected chi connectivity index (χ0v) is 17.3. The summed E-state index contributed by atoms with van der Waals surface area (Å²) in [5.74, 6) is 1.24. The van der Waals surface area contributed by atoms with Crippen molar-refractivity contribution in [1.82, 2.24) is 30.4 Å². The highest BCUT2D eigenvalue weighted by Gasteiger charge is 2.12. The molecule has 0 aliphatic carbocycles. The molecule has 0 atom stereocenters. The molecule has 0 saturated carbocycles. The van der Waals surface area contributed by atoms with Gasteiger partial charge < -0.3 is 5.32 Å². The largest absolute Gasteiger partial charge is 0.338 e. The minimum absolute atomic E-state index is 0.501. The van der Waals surface area contributed by atoms with Crippen molar-refractivity contribution in [3.05, 3.63) is 84.7 Å². The van der Waals surface area contributed by atoms with Gasteiger partial charge in [0.05, 0.1) is 5.69 Å². The first-order valence-corrected chi connectivity index (χ1v) is 10.2. The van der Waals surface area contributed by atoms with E-state index >= 15 is 0 Å². The van der Waals surface area contributed by atoms with Gasteiger partial charge in [0, 0.05) is 22.0 Å². The lowest BCUT2D eigenvalue weighted by Crippen LogP contribution is -2.00. The normalized spacial score (nSPS) is 11.2. The molecule has 0 fully saturated rings. The van der Waals surface area contributed by atoms with Crippen LogP contribution < -0.4 is 5.32 Å². The summed E-state index contributed by atoms with van der Waals surface area (Å²) >= 11 is 0. The molecule has 0 saturated heterocycles. The summed E-state index contributed by atoms with van der Waals surface area (Å²) in [6, 6.07) is 24.5. The second-order valence-corrected chi connectivity index (χ2v) is 7.65. The number of hydrogen-bond acceptors (Lipinski definition) is 6. The standard InChI is InChI=1S/C24H21N7/c1-16(2)17-7-11-19(12-8-17)26-24-22-6-4-3-5-21(22)23(27-28-24)18-9-13-20(14-10-18)31-15-25-29-30-31/h3-16H,1-2H3,(H,26,28). The summed E-state index contributed by atoms with van der Waals surface area (Å²) < 4.78 is 1.62. The molecule has 2 heterocycles.